The number of aromatic nitrogens is 2. The zero-order valence-corrected chi connectivity index (χ0v) is 19.7. The third kappa shape index (κ3) is 9.00. The molecule has 0 saturated carbocycles. The predicted molar refractivity (Wildman–Crippen MR) is 126 cm³/mol. The van der Waals surface area contributed by atoms with Crippen LogP contribution in [0, 0.1) is 6.92 Å². The van der Waals surface area contributed by atoms with Crippen LogP contribution in [0.25, 0.3) is 22.4 Å². The van der Waals surface area contributed by atoms with Gasteiger partial charge < -0.3 is 25.2 Å². The third-order valence-corrected chi connectivity index (χ3v) is 4.18. The molecule has 2 aromatic heterocycles. The van der Waals surface area contributed by atoms with Crippen LogP contribution < -0.4 is 0 Å². The number of aryl methyl sites for hydroxylation is 1. The number of rotatable bonds is 5. The molecule has 0 fully saturated rings. The van der Waals surface area contributed by atoms with Gasteiger partial charge in [-0.15, -0.1) is 0 Å². The largest absolute Gasteiger partial charge is 0.368 e. The maximum absolute atomic E-state index is 10.0. The average molecular weight is 463 g/mol. The maximum atomic E-state index is 10.0. The summed E-state index contributed by atoms with van der Waals surface area (Å²) in [5.41, 5.74) is 5.14. The zero-order valence-electron chi connectivity index (χ0n) is 18.9. The number of pyridine rings is 2. The van der Waals surface area contributed by atoms with Crippen molar-refractivity contribution in [1.82, 2.24) is 9.97 Å². The Morgan fingerprint density at radius 2 is 1.38 bits per heavy atom. The molecule has 0 amide bonds. The molecule has 174 valence electrons. The minimum Gasteiger partial charge on any atom is -0.368 e. The molecule has 0 aliphatic heterocycles. The van der Waals surface area contributed by atoms with Gasteiger partial charge in [0.25, 0.3) is 0 Å². The summed E-state index contributed by atoms with van der Waals surface area (Å²) in [5, 5.41) is 34.9. The van der Waals surface area contributed by atoms with Crippen molar-refractivity contribution in [2.24, 2.45) is 0 Å². The quantitative estimate of drug-likeness (QED) is 0.326. The molecular weight excluding hydrogens is 432 g/mol. The lowest BCUT2D eigenvalue weighted by Gasteiger charge is -2.17. The molecule has 0 radical (unpaired) electrons. The summed E-state index contributed by atoms with van der Waals surface area (Å²) in [6, 6.07) is 13.2. The lowest BCUT2D eigenvalue weighted by atomic mass is 9.99. The Balaban J connectivity index is 0.000000769. The maximum Gasteiger partial charge on any atom is 0.184 e. The molecule has 4 N–H and O–H groups in total. The second-order valence-electron chi connectivity index (χ2n) is 6.59. The summed E-state index contributed by atoms with van der Waals surface area (Å²) in [6.45, 7) is 8.62. The molecule has 2 heterocycles. The fourth-order valence-electron chi connectivity index (χ4n) is 2.72. The number of benzene rings is 1. The van der Waals surface area contributed by atoms with E-state index >= 15 is 0 Å². The summed E-state index contributed by atoms with van der Waals surface area (Å²) >= 11 is 5.96. The molecule has 0 saturated heterocycles. The molecule has 3 aromatic rings. The minimum atomic E-state index is -1.17. The van der Waals surface area contributed by atoms with Crippen molar-refractivity contribution >= 4 is 11.6 Å². The molecule has 3 rings (SSSR count). The van der Waals surface area contributed by atoms with Crippen LogP contribution in [0.3, 0.4) is 0 Å². The number of hydrogen-bond acceptors (Lipinski definition) is 7. The Morgan fingerprint density at radius 1 is 0.812 bits per heavy atom. The van der Waals surface area contributed by atoms with E-state index in [2.05, 4.69) is 9.97 Å². The Hall–Kier alpha value is -2.39. The van der Waals surface area contributed by atoms with Gasteiger partial charge in [-0.1, -0.05) is 43.6 Å². The highest BCUT2D eigenvalue weighted by atomic mass is 35.5. The van der Waals surface area contributed by atoms with Crippen molar-refractivity contribution in [2.45, 2.75) is 53.5 Å². The van der Waals surface area contributed by atoms with Crippen molar-refractivity contribution in [1.29, 1.82) is 0 Å². The van der Waals surface area contributed by atoms with Gasteiger partial charge in [0, 0.05) is 23.5 Å². The van der Waals surface area contributed by atoms with Gasteiger partial charge in [-0.25, -0.2) is 4.98 Å². The Kier molecular flexibility index (Phi) is 12.0. The lowest BCUT2D eigenvalue weighted by Crippen LogP contribution is -2.13. The molecule has 1 aromatic carbocycles. The van der Waals surface area contributed by atoms with Gasteiger partial charge in [-0.2, -0.15) is 0 Å². The van der Waals surface area contributed by atoms with E-state index in [1.165, 1.54) is 13.8 Å². The van der Waals surface area contributed by atoms with Crippen molar-refractivity contribution in [3.63, 3.8) is 0 Å². The number of aliphatic hydroxyl groups excluding tert-OH is 3. The van der Waals surface area contributed by atoms with Crippen LogP contribution in [0.4, 0.5) is 0 Å². The van der Waals surface area contributed by atoms with Crippen LogP contribution >= 0.6 is 11.6 Å². The molecule has 32 heavy (non-hydrogen) atoms. The molecule has 0 aliphatic rings. The highest BCUT2D eigenvalue weighted by Gasteiger charge is 2.14. The molecule has 0 aliphatic carbocycles. The van der Waals surface area contributed by atoms with E-state index in [0.29, 0.717) is 10.7 Å². The average Bonchev–Trinajstić information content (AvgIpc) is 2.74. The monoisotopic (exact) mass is 462 g/mol. The summed E-state index contributed by atoms with van der Waals surface area (Å²) in [5.74, 6) is 0. The van der Waals surface area contributed by atoms with E-state index in [-0.39, 0.29) is 0 Å². The molecular formula is C24H31ClN2O5. The highest BCUT2D eigenvalue weighted by Crippen LogP contribution is 2.29. The van der Waals surface area contributed by atoms with E-state index in [0.717, 1.165) is 27.9 Å². The second-order valence-corrected chi connectivity index (χ2v) is 6.98. The van der Waals surface area contributed by atoms with Crippen LogP contribution in [-0.2, 0) is 4.74 Å². The number of aliphatic hydroxyl groups is 4. The van der Waals surface area contributed by atoms with E-state index in [4.69, 9.17) is 26.6 Å². The van der Waals surface area contributed by atoms with E-state index in [9.17, 15) is 10.2 Å². The van der Waals surface area contributed by atoms with Gasteiger partial charge >= 0.3 is 0 Å². The predicted octanol–water partition coefficient (Wildman–Crippen LogP) is 4.46. The van der Waals surface area contributed by atoms with Crippen LogP contribution in [0.15, 0.2) is 54.9 Å². The van der Waals surface area contributed by atoms with Crippen LogP contribution in [0.2, 0.25) is 5.15 Å². The Labute approximate surface area is 194 Å². The zero-order chi connectivity index (χ0) is 24.3. The number of nitrogens with zero attached hydrogens (tertiary/aromatic N) is 2. The first-order valence-corrected chi connectivity index (χ1v) is 10.6. The van der Waals surface area contributed by atoms with Crippen LogP contribution in [-0.4, -0.2) is 43.0 Å². The van der Waals surface area contributed by atoms with Gasteiger partial charge in [0.2, 0.25) is 0 Å². The van der Waals surface area contributed by atoms with E-state index in [1.807, 2.05) is 51.1 Å². The Bertz CT molecular complexity index is 964. The number of ether oxygens (including phenoxy) is 1. The highest BCUT2D eigenvalue weighted by molar-refractivity contribution is 6.29. The van der Waals surface area contributed by atoms with Gasteiger partial charge in [-0.3, -0.25) is 4.98 Å². The van der Waals surface area contributed by atoms with Crippen molar-refractivity contribution in [2.75, 3.05) is 0 Å². The van der Waals surface area contributed by atoms with Crippen molar-refractivity contribution in [3.05, 3.63) is 71.1 Å². The first kappa shape index (κ1) is 27.6. The third-order valence-electron chi connectivity index (χ3n) is 3.98. The first-order valence-electron chi connectivity index (χ1n) is 10.2. The van der Waals surface area contributed by atoms with Crippen molar-refractivity contribution in [3.8, 4) is 22.4 Å². The fraction of sp³-hybridized carbons (Fsp3) is 0.333. The standard InChI is InChI=1S/C20H19ClN2O3.C2H6O2.C2H6/c1-12-9-14(3-4-17(12)20(25)26-13(2)24)15-5-7-22-18(10-15)16-6-8-23-19(21)11-16;1-2(3)4;1-2/h3-11,13,20,24-25H,1-2H3;2-4H,1H3;1-2H3. The number of hydrogen-bond donors (Lipinski definition) is 4. The molecule has 0 bridgehead atoms. The fourth-order valence-corrected chi connectivity index (χ4v) is 2.90. The van der Waals surface area contributed by atoms with Gasteiger partial charge in [0.1, 0.15) is 11.4 Å². The van der Waals surface area contributed by atoms with Crippen molar-refractivity contribution < 1.29 is 25.2 Å². The van der Waals surface area contributed by atoms with Crippen LogP contribution in [0.5, 0.6) is 0 Å². The normalized spacial score (nSPS) is 12.2. The first-order chi connectivity index (χ1) is 15.2. The summed E-state index contributed by atoms with van der Waals surface area (Å²) in [4.78, 5) is 8.39. The summed E-state index contributed by atoms with van der Waals surface area (Å²) in [7, 11) is 0. The molecule has 8 heteroatoms. The van der Waals surface area contributed by atoms with Gasteiger partial charge in [-0.05, 0) is 61.7 Å². The summed E-state index contributed by atoms with van der Waals surface area (Å²) < 4.78 is 5.03. The SMILES string of the molecule is CC.CC(O)O.Cc1cc(-c2ccnc(-c3ccnc(Cl)c3)c2)ccc1C(O)OC(C)O. The lowest BCUT2D eigenvalue weighted by molar-refractivity contribution is -0.203. The minimum absolute atomic E-state index is 0.419. The van der Waals surface area contributed by atoms with Gasteiger partial charge in [0.15, 0.2) is 12.6 Å². The number of halogens is 1. The smallest absolute Gasteiger partial charge is 0.184 e. The second kappa shape index (κ2) is 13.9. The molecule has 0 spiro atoms. The molecule has 2 atom stereocenters. The molecule has 7 nitrogen and oxygen atoms in total. The van der Waals surface area contributed by atoms with E-state index in [1.54, 1.807) is 24.5 Å². The summed E-state index contributed by atoms with van der Waals surface area (Å²) in [6.07, 6.45) is 0.0114. The molecule has 2 unspecified atom stereocenters. The van der Waals surface area contributed by atoms with Crippen LogP contribution in [0.1, 0.15) is 45.1 Å². The Morgan fingerprint density at radius 3 is 1.94 bits per heavy atom. The van der Waals surface area contributed by atoms with Gasteiger partial charge in [0.05, 0.1) is 5.69 Å². The van der Waals surface area contributed by atoms with E-state index < -0.39 is 18.9 Å². The topological polar surface area (TPSA) is 116 Å².